The number of hydrogen-bond donors (Lipinski definition) is 1. The maximum Gasteiger partial charge on any atom is 0.227 e. The van der Waals surface area contributed by atoms with Crippen LogP contribution in [0.2, 0.25) is 0 Å². The fourth-order valence-corrected chi connectivity index (χ4v) is 3.85. The number of hydrogen-bond acceptors (Lipinski definition) is 2. The summed E-state index contributed by atoms with van der Waals surface area (Å²) in [5.74, 6) is -0.0780. The van der Waals surface area contributed by atoms with Crippen molar-refractivity contribution in [3.8, 4) is 0 Å². The lowest BCUT2D eigenvalue weighted by Crippen LogP contribution is -2.33. The molecular formula is C23H25N3O. The molecule has 4 heteroatoms. The van der Waals surface area contributed by atoms with Gasteiger partial charge < -0.3 is 5.32 Å². The number of aromatic nitrogens is 2. The van der Waals surface area contributed by atoms with Crippen LogP contribution in [0.4, 0.5) is 0 Å². The van der Waals surface area contributed by atoms with Gasteiger partial charge in [-0.1, -0.05) is 60.7 Å². The van der Waals surface area contributed by atoms with Crippen molar-refractivity contribution in [1.29, 1.82) is 0 Å². The van der Waals surface area contributed by atoms with Gasteiger partial charge in [0.1, 0.15) is 0 Å². The number of carbonyl (C=O) groups excluding carboxylic acids is 1. The highest BCUT2D eigenvalue weighted by atomic mass is 16.1. The Kier molecular flexibility index (Phi) is 5.05. The number of benzene rings is 2. The number of nitrogens with zero attached hydrogens (tertiary/aromatic N) is 2. The molecule has 0 spiro atoms. The first-order chi connectivity index (χ1) is 13.2. The summed E-state index contributed by atoms with van der Waals surface area (Å²) in [5.41, 5.74) is 4.71. The second-order valence-electron chi connectivity index (χ2n) is 7.28. The normalized spacial score (nSPS) is 17.1. The summed E-state index contributed by atoms with van der Waals surface area (Å²) < 4.78 is 2.09. The van der Waals surface area contributed by atoms with Crippen molar-refractivity contribution in [3.63, 3.8) is 0 Å². The molecule has 1 N–H and O–H groups in total. The molecule has 0 bridgehead atoms. The Morgan fingerprint density at radius 1 is 1.15 bits per heavy atom. The van der Waals surface area contributed by atoms with Gasteiger partial charge >= 0.3 is 0 Å². The predicted molar refractivity (Wildman–Crippen MR) is 106 cm³/mol. The molecule has 27 heavy (non-hydrogen) atoms. The molecule has 1 heterocycles. The van der Waals surface area contributed by atoms with Crippen molar-refractivity contribution in [3.05, 3.63) is 89.2 Å². The molecule has 4 nitrogen and oxygen atoms in total. The van der Waals surface area contributed by atoms with Crippen LogP contribution in [0, 0.1) is 0 Å². The molecule has 4 rings (SSSR count). The topological polar surface area (TPSA) is 46.9 Å². The van der Waals surface area contributed by atoms with Crippen LogP contribution in [0.25, 0.3) is 0 Å². The molecule has 2 aromatic carbocycles. The minimum Gasteiger partial charge on any atom is -0.349 e. The maximum absolute atomic E-state index is 12.8. The van der Waals surface area contributed by atoms with E-state index in [9.17, 15) is 4.79 Å². The van der Waals surface area contributed by atoms with Gasteiger partial charge in [0.2, 0.25) is 5.91 Å². The predicted octanol–water partition coefficient (Wildman–Crippen LogP) is 4.23. The van der Waals surface area contributed by atoms with Crippen LogP contribution in [0.15, 0.2) is 66.9 Å². The molecule has 1 aliphatic rings. The number of nitrogens with one attached hydrogen (secondary N) is 1. The summed E-state index contributed by atoms with van der Waals surface area (Å²) >= 11 is 0. The van der Waals surface area contributed by atoms with Crippen molar-refractivity contribution in [1.82, 2.24) is 15.1 Å². The fourth-order valence-electron chi connectivity index (χ4n) is 3.85. The summed E-state index contributed by atoms with van der Waals surface area (Å²) in [6, 6.07) is 20.4. The van der Waals surface area contributed by atoms with Crippen LogP contribution < -0.4 is 5.32 Å². The lowest BCUT2D eigenvalue weighted by molar-refractivity contribution is -0.123. The van der Waals surface area contributed by atoms with E-state index in [1.54, 1.807) is 0 Å². The summed E-state index contributed by atoms with van der Waals surface area (Å²) in [6.07, 6.45) is 4.99. The molecular weight excluding hydrogens is 334 g/mol. The van der Waals surface area contributed by atoms with Crippen molar-refractivity contribution in [2.75, 3.05) is 0 Å². The second kappa shape index (κ2) is 7.78. The molecule has 138 valence electrons. The molecule has 0 fully saturated rings. The van der Waals surface area contributed by atoms with Gasteiger partial charge in [-0.05, 0) is 37.3 Å². The van der Waals surface area contributed by atoms with Gasteiger partial charge in [0, 0.05) is 11.3 Å². The van der Waals surface area contributed by atoms with Gasteiger partial charge in [0.15, 0.2) is 0 Å². The minimum absolute atomic E-state index is 0.0527. The second-order valence-corrected chi connectivity index (χ2v) is 7.28. The Hall–Kier alpha value is -2.88. The number of carbonyl (C=O) groups is 1. The first kappa shape index (κ1) is 17.5. The zero-order chi connectivity index (χ0) is 18.6. The van der Waals surface area contributed by atoms with Crippen molar-refractivity contribution >= 4 is 5.91 Å². The van der Waals surface area contributed by atoms with E-state index < -0.39 is 0 Å². The van der Waals surface area contributed by atoms with Crippen LogP contribution in [-0.4, -0.2) is 15.7 Å². The highest BCUT2D eigenvalue weighted by molar-refractivity contribution is 5.83. The molecule has 0 aliphatic heterocycles. The van der Waals surface area contributed by atoms with Crippen molar-refractivity contribution < 1.29 is 4.79 Å². The number of rotatable bonds is 5. The zero-order valence-corrected chi connectivity index (χ0v) is 15.6. The number of amides is 1. The van der Waals surface area contributed by atoms with E-state index in [4.69, 9.17) is 0 Å². The summed E-state index contributed by atoms with van der Waals surface area (Å²) in [4.78, 5) is 12.8. The molecule has 0 saturated carbocycles. The zero-order valence-electron chi connectivity index (χ0n) is 15.6. The third kappa shape index (κ3) is 3.80. The minimum atomic E-state index is -0.157. The largest absolute Gasteiger partial charge is 0.349 e. The van der Waals surface area contributed by atoms with Crippen molar-refractivity contribution in [2.24, 2.45) is 0 Å². The van der Waals surface area contributed by atoms with Gasteiger partial charge in [0.05, 0.1) is 24.7 Å². The van der Waals surface area contributed by atoms with Crippen LogP contribution >= 0.6 is 0 Å². The monoisotopic (exact) mass is 359 g/mol. The highest BCUT2D eigenvalue weighted by Gasteiger charge is 2.27. The third-order valence-electron chi connectivity index (χ3n) is 5.45. The molecule has 0 radical (unpaired) electrons. The quantitative estimate of drug-likeness (QED) is 0.741. The van der Waals surface area contributed by atoms with Crippen LogP contribution in [0.3, 0.4) is 0 Å². The van der Waals surface area contributed by atoms with Crippen LogP contribution in [0.1, 0.15) is 54.1 Å². The Morgan fingerprint density at radius 3 is 2.59 bits per heavy atom. The van der Waals surface area contributed by atoms with E-state index in [0.29, 0.717) is 0 Å². The summed E-state index contributed by atoms with van der Waals surface area (Å²) in [7, 11) is 0. The van der Waals surface area contributed by atoms with Gasteiger partial charge in [0.25, 0.3) is 0 Å². The average Bonchev–Trinajstić information content (AvgIpc) is 3.13. The Morgan fingerprint density at radius 2 is 1.85 bits per heavy atom. The summed E-state index contributed by atoms with van der Waals surface area (Å²) in [5, 5.41) is 7.88. The first-order valence-corrected chi connectivity index (χ1v) is 9.66. The third-order valence-corrected chi connectivity index (χ3v) is 5.45. The Balaban J connectivity index is 1.50. The first-order valence-electron chi connectivity index (χ1n) is 9.66. The molecule has 1 aromatic heterocycles. The fraction of sp³-hybridized carbons (Fsp3) is 0.304. The molecule has 1 amide bonds. The molecule has 1 aliphatic carbocycles. The summed E-state index contributed by atoms with van der Waals surface area (Å²) in [6.45, 7) is 2.74. The molecule has 0 saturated heterocycles. The molecule has 3 aromatic rings. The Bertz CT molecular complexity index is 902. The van der Waals surface area contributed by atoms with Crippen LogP contribution in [0.5, 0.6) is 0 Å². The number of fused-ring (bicyclic) bond motifs is 1. The van der Waals surface area contributed by atoms with Gasteiger partial charge in [-0.25, -0.2) is 0 Å². The van der Waals surface area contributed by atoms with Crippen LogP contribution in [-0.2, 0) is 17.8 Å². The smallest absolute Gasteiger partial charge is 0.227 e. The van der Waals surface area contributed by atoms with E-state index in [0.717, 1.165) is 31.4 Å². The van der Waals surface area contributed by atoms with Gasteiger partial charge in [-0.2, -0.15) is 5.10 Å². The van der Waals surface area contributed by atoms with Gasteiger partial charge in [-0.15, -0.1) is 0 Å². The Labute approximate surface area is 160 Å². The standard InChI is InChI=1S/C23H25N3O/c1-17(19-11-6-3-7-12-19)23(27)25-21-13-8-14-22-20(21)15-24-26(22)16-18-9-4-2-5-10-18/h2-7,9-12,15,17,21H,8,13-14,16H2,1H3,(H,25,27)/t17-,21+/m1/s1. The molecule has 0 unspecified atom stereocenters. The van der Waals surface area contributed by atoms with E-state index in [-0.39, 0.29) is 17.9 Å². The SMILES string of the molecule is C[C@@H](C(=O)N[C@H]1CCCc2c1cnn2Cc1ccccc1)c1ccccc1. The van der Waals surface area contributed by atoms with E-state index >= 15 is 0 Å². The maximum atomic E-state index is 12.8. The van der Waals surface area contributed by atoms with Gasteiger partial charge in [-0.3, -0.25) is 9.48 Å². The molecule has 2 atom stereocenters. The lowest BCUT2D eigenvalue weighted by atomic mass is 9.91. The average molecular weight is 359 g/mol. The van der Waals surface area contributed by atoms with E-state index in [1.165, 1.54) is 16.8 Å². The van der Waals surface area contributed by atoms with Crippen molar-refractivity contribution in [2.45, 2.75) is 44.7 Å². The van der Waals surface area contributed by atoms with E-state index in [2.05, 4.69) is 39.4 Å². The highest BCUT2D eigenvalue weighted by Crippen LogP contribution is 2.30. The van der Waals surface area contributed by atoms with E-state index in [1.807, 2.05) is 49.5 Å². The lowest BCUT2D eigenvalue weighted by Gasteiger charge is -2.25.